The van der Waals surface area contributed by atoms with Crippen molar-refractivity contribution in [3.05, 3.63) is 101 Å². The molecule has 226 valence electrons. The standard InChI is InChI=1S/C15H13ClN2O4.C14H13ClN2O3.CH4/c1-20-8-11(15(19)21-2)10-5-3-4-6-12(10)22-14-7-13(16)17-9-18-14;1-9(14(18)19-2)10-5-3-4-6-11(10)20-13-7-12(15)16-8-17-13;/h3-9H,1-2H3;3-9H,1-2H3;1H4/b11-8+;;. The number of rotatable bonds is 9. The van der Waals surface area contributed by atoms with Crippen LogP contribution in [0.3, 0.4) is 0 Å². The number of hydrogen-bond acceptors (Lipinski definition) is 11. The lowest BCUT2D eigenvalue weighted by Gasteiger charge is -2.14. The van der Waals surface area contributed by atoms with Crippen molar-refractivity contribution in [3.8, 4) is 23.3 Å². The van der Waals surface area contributed by atoms with E-state index < -0.39 is 11.9 Å². The molecular formula is C30H30Cl2N4O7. The van der Waals surface area contributed by atoms with E-state index in [1.165, 1.54) is 52.4 Å². The smallest absolute Gasteiger partial charge is 0.341 e. The van der Waals surface area contributed by atoms with Gasteiger partial charge in [-0.25, -0.2) is 24.7 Å². The molecule has 0 saturated heterocycles. The van der Waals surface area contributed by atoms with E-state index >= 15 is 0 Å². The largest absolute Gasteiger partial charge is 0.503 e. The second-order valence-corrected chi connectivity index (χ2v) is 8.87. The lowest BCUT2D eigenvalue weighted by atomic mass is 10.0. The monoisotopic (exact) mass is 628 g/mol. The highest BCUT2D eigenvalue weighted by Gasteiger charge is 2.20. The Hall–Kier alpha value is -4.74. The van der Waals surface area contributed by atoms with Crippen LogP contribution in [0.5, 0.6) is 23.3 Å². The third-order valence-corrected chi connectivity index (χ3v) is 5.82. The molecule has 1 atom stereocenters. The number of carbonyl (C=O) groups excluding carboxylic acids is 2. The Bertz CT molecular complexity index is 1550. The molecular weight excluding hydrogens is 599 g/mol. The summed E-state index contributed by atoms with van der Waals surface area (Å²) in [6, 6.07) is 17.1. The van der Waals surface area contributed by atoms with Crippen LogP contribution in [0, 0.1) is 0 Å². The van der Waals surface area contributed by atoms with Crippen LogP contribution in [0.1, 0.15) is 31.4 Å². The Balaban J connectivity index is 0.000000295. The molecule has 2 heterocycles. The number of halogens is 2. The Labute approximate surface area is 259 Å². The molecule has 2 aromatic heterocycles. The Morgan fingerprint density at radius 3 is 1.84 bits per heavy atom. The normalized spacial score (nSPS) is 11.1. The van der Waals surface area contributed by atoms with Crippen LogP contribution in [-0.2, 0) is 23.8 Å². The van der Waals surface area contributed by atoms with Gasteiger partial charge >= 0.3 is 11.9 Å². The molecule has 43 heavy (non-hydrogen) atoms. The fraction of sp³-hybridized carbons (Fsp3) is 0.200. The second kappa shape index (κ2) is 17.3. The molecule has 4 rings (SSSR count). The second-order valence-electron chi connectivity index (χ2n) is 8.10. The minimum Gasteiger partial charge on any atom is -0.503 e. The molecule has 0 aliphatic carbocycles. The number of ether oxygens (including phenoxy) is 5. The Kier molecular flexibility index (Phi) is 13.8. The van der Waals surface area contributed by atoms with Gasteiger partial charge in [0.15, 0.2) is 0 Å². The first-order valence-electron chi connectivity index (χ1n) is 12.2. The zero-order chi connectivity index (χ0) is 30.5. The van der Waals surface area contributed by atoms with Crippen molar-refractivity contribution in [2.45, 2.75) is 20.3 Å². The number of esters is 2. The van der Waals surface area contributed by atoms with Gasteiger partial charge in [-0.05, 0) is 19.1 Å². The van der Waals surface area contributed by atoms with Gasteiger partial charge in [0.1, 0.15) is 40.0 Å². The van der Waals surface area contributed by atoms with E-state index in [2.05, 4.69) is 19.9 Å². The average Bonchev–Trinajstić information content (AvgIpc) is 3.00. The minimum atomic E-state index is -0.543. The van der Waals surface area contributed by atoms with Gasteiger partial charge in [-0.1, -0.05) is 67.0 Å². The average molecular weight is 629 g/mol. The van der Waals surface area contributed by atoms with Crippen LogP contribution in [0.2, 0.25) is 10.3 Å². The molecule has 4 aromatic rings. The Morgan fingerprint density at radius 2 is 1.30 bits per heavy atom. The first-order chi connectivity index (χ1) is 20.3. The minimum absolute atomic E-state index is 0. The van der Waals surface area contributed by atoms with Crippen molar-refractivity contribution in [3.63, 3.8) is 0 Å². The molecule has 2 aromatic carbocycles. The molecule has 0 amide bonds. The first kappa shape index (κ1) is 34.5. The fourth-order valence-electron chi connectivity index (χ4n) is 3.43. The van der Waals surface area contributed by atoms with Gasteiger partial charge in [0.05, 0.1) is 33.5 Å². The highest BCUT2D eigenvalue weighted by Crippen LogP contribution is 2.32. The van der Waals surface area contributed by atoms with Crippen LogP contribution in [0.25, 0.3) is 5.57 Å². The van der Waals surface area contributed by atoms with E-state index in [4.69, 9.17) is 46.9 Å². The van der Waals surface area contributed by atoms with E-state index in [1.54, 1.807) is 43.3 Å². The van der Waals surface area contributed by atoms with Gasteiger partial charge in [0.2, 0.25) is 11.8 Å². The molecule has 13 heteroatoms. The molecule has 0 N–H and O–H groups in total. The summed E-state index contributed by atoms with van der Waals surface area (Å²) in [5.74, 6) is 0.198. The number of methoxy groups -OCH3 is 3. The summed E-state index contributed by atoms with van der Waals surface area (Å²) < 4.78 is 25.8. The molecule has 0 bridgehead atoms. The van der Waals surface area contributed by atoms with E-state index in [9.17, 15) is 9.59 Å². The van der Waals surface area contributed by atoms with Crippen LogP contribution in [-0.4, -0.2) is 53.2 Å². The SMILES string of the molecule is C.CO/C=C(/C(=O)OC)c1ccccc1Oc1cc(Cl)ncn1.COC(=O)C(C)c1ccccc1Oc1cc(Cl)ncn1. The molecule has 11 nitrogen and oxygen atoms in total. The van der Waals surface area contributed by atoms with Crippen molar-refractivity contribution >= 4 is 40.7 Å². The molecule has 0 aliphatic heterocycles. The highest BCUT2D eigenvalue weighted by molar-refractivity contribution is 6.29. The van der Waals surface area contributed by atoms with Gasteiger partial charge in [-0.2, -0.15) is 0 Å². The quantitative estimate of drug-likeness (QED) is 0.0827. The lowest BCUT2D eigenvalue weighted by Crippen LogP contribution is -2.11. The summed E-state index contributed by atoms with van der Waals surface area (Å²) in [7, 11) is 4.09. The highest BCUT2D eigenvalue weighted by atomic mass is 35.5. The number of nitrogens with zero attached hydrogens (tertiary/aromatic N) is 4. The number of hydrogen-bond donors (Lipinski definition) is 0. The maximum Gasteiger partial charge on any atom is 0.341 e. The topological polar surface area (TPSA) is 132 Å². The van der Waals surface area contributed by atoms with Crippen molar-refractivity contribution in [2.75, 3.05) is 21.3 Å². The molecule has 0 spiro atoms. The van der Waals surface area contributed by atoms with Crippen LogP contribution in [0.15, 0.2) is 79.6 Å². The van der Waals surface area contributed by atoms with Crippen LogP contribution >= 0.6 is 23.2 Å². The maximum atomic E-state index is 11.9. The first-order valence-corrected chi connectivity index (χ1v) is 12.9. The van der Waals surface area contributed by atoms with E-state index in [-0.39, 0.29) is 35.2 Å². The zero-order valence-corrected chi connectivity index (χ0v) is 24.5. The van der Waals surface area contributed by atoms with Crippen molar-refractivity contribution < 1.29 is 33.3 Å². The lowest BCUT2D eigenvalue weighted by molar-refractivity contribution is -0.142. The van der Waals surface area contributed by atoms with Gasteiger partial charge in [-0.15, -0.1) is 0 Å². The molecule has 0 saturated carbocycles. The Morgan fingerprint density at radius 1 is 0.767 bits per heavy atom. The number of benzene rings is 2. The summed E-state index contributed by atoms with van der Waals surface area (Å²) in [4.78, 5) is 39.0. The summed E-state index contributed by atoms with van der Waals surface area (Å²) in [6.07, 6.45) is 3.89. The van der Waals surface area contributed by atoms with Gasteiger partial charge in [0.25, 0.3) is 0 Å². The molecule has 1 unspecified atom stereocenters. The number of aromatic nitrogens is 4. The summed E-state index contributed by atoms with van der Waals surface area (Å²) in [6.45, 7) is 1.75. The molecule has 0 aliphatic rings. The maximum absolute atomic E-state index is 11.9. The number of carbonyl (C=O) groups is 2. The van der Waals surface area contributed by atoms with Gasteiger partial charge in [0, 0.05) is 23.3 Å². The zero-order valence-electron chi connectivity index (χ0n) is 23.0. The summed E-state index contributed by atoms with van der Waals surface area (Å²) in [5, 5.41) is 0.539. The molecule has 0 radical (unpaired) electrons. The molecule has 0 fully saturated rings. The van der Waals surface area contributed by atoms with Gasteiger partial charge < -0.3 is 23.7 Å². The van der Waals surface area contributed by atoms with Crippen molar-refractivity contribution in [1.82, 2.24) is 19.9 Å². The summed E-state index contributed by atoms with van der Waals surface area (Å²) in [5.41, 5.74) is 1.45. The van der Waals surface area contributed by atoms with Crippen LogP contribution in [0.4, 0.5) is 0 Å². The van der Waals surface area contributed by atoms with E-state index in [1.807, 2.05) is 12.1 Å². The predicted octanol–water partition coefficient (Wildman–Crippen LogP) is 6.92. The predicted molar refractivity (Wildman–Crippen MR) is 161 cm³/mol. The number of para-hydroxylation sites is 2. The third kappa shape index (κ3) is 9.94. The van der Waals surface area contributed by atoms with Crippen molar-refractivity contribution in [1.29, 1.82) is 0 Å². The van der Waals surface area contributed by atoms with Gasteiger partial charge in [-0.3, -0.25) is 4.79 Å². The fourth-order valence-corrected chi connectivity index (χ4v) is 3.71. The summed E-state index contributed by atoms with van der Waals surface area (Å²) >= 11 is 11.6. The van der Waals surface area contributed by atoms with E-state index in [0.29, 0.717) is 28.5 Å². The van der Waals surface area contributed by atoms with Crippen molar-refractivity contribution in [2.24, 2.45) is 0 Å². The van der Waals surface area contributed by atoms with Crippen LogP contribution < -0.4 is 9.47 Å². The third-order valence-electron chi connectivity index (χ3n) is 5.40. The van der Waals surface area contributed by atoms with E-state index in [0.717, 1.165) is 0 Å².